The van der Waals surface area contributed by atoms with E-state index in [0.717, 1.165) is 11.1 Å². The molecule has 158 valence electrons. The van der Waals surface area contributed by atoms with E-state index in [1.165, 1.54) is 0 Å². The second-order valence-corrected chi connectivity index (χ2v) is 7.89. The van der Waals surface area contributed by atoms with Crippen molar-refractivity contribution in [3.63, 3.8) is 0 Å². The third kappa shape index (κ3) is 4.15. The van der Waals surface area contributed by atoms with Crippen LogP contribution in [0.3, 0.4) is 0 Å². The molecule has 1 aromatic heterocycles. The summed E-state index contributed by atoms with van der Waals surface area (Å²) < 4.78 is 6.90. The molecule has 3 rings (SSSR count). The van der Waals surface area contributed by atoms with E-state index < -0.39 is 0 Å². The molecule has 0 aliphatic heterocycles. The van der Waals surface area contributed by atoms with E-state index in [2.05, 4.69) is 29.4 Å². The molecule has 2 N–H and O–H groups in total. The zero-order valence-electron chi connectivity index (χ0n) is 18.2. The van der Waals surface area contributed by atoms with E-state index in [1.54, 1.807) is 29.9 Å². The molecule has 0 aliphatic carbocycles. The van der Waals surface area contributed by atoms with Crippen LogP contribution < -0.4 is 10.1 Å². The first kappa shape index (κ1) is 21.4. The highest BCUT2D eigenvalue weighted by Crippen LogP contribution is 2.35. The zero-order valence-corrected chi connectivity index (χ0v) is 18.2. The molecule has 7 nitrogen and oxygen atoms in total. The van der Waals surface area contributed by atoms with Crippen molar-refractivity contribution in [1.29, 1.82) is 0 Å². The number of aryl methyl sites for hydroxylation is 1. The van der Waals surface area contributed by atoms with Crippen molar-refractivity contribution in [3.05, 3.63) is 53.3 Å². The highest BCUT2D eigenvalue weighted by Gasteiger charge is 2.24. The van der Waals surface area contributed by atoms with Gasteiger partial charge in [-0.15, -0.1) is 10.2 Å². The lowest BCUT2D eigenvalue weighted by Crippen LogP contribution is -2.32. The number of benzene rings is 2. The van der Waals surface area contributed by atoms with Crippen LogP contribution in [-0.4, -0.2) is 38.9 Å². The number of phenolic OH excluding ortho intramolecular Hbond substituents is 1. The highest BCUT2D eigenvalue weighted by molar-refractivity contribution is 5.92. The first-order valence-electron chi connectivity index (χ1n) is 9.97. The predicted octanol–water partition coefficient (Wildman–Crippen LogP) is 4.22. The smallest absolute Gasteiger partial charge is 0.289 e. The van der Waals surface area contributed by atoms with Gasteiger partial charge in [-0.05, 0) is 74.2 Å². The molecule has 30 heavy (non-hydrogen) atoms. The molecule has 0 unspecified atom stereocenters. The van der Waals surface area contributed by atoms with Gasteiger partial charge < -0.3 is 15.2 Å². The van der Waals surface area contributed by atoms with Gasteiger partial charge in [-0.25, -0.2) is 0 Å². The monoisotopic (exact) mass is 408 g/mol. The number of carbonyl (C=O) groups is 1. The Kier molecular flexibility index (Phi) is 6.10. The summed E-state index contributed by atoms with van der Waals surface area (Å²) in [6, 6.07) is 10.9. The Hall–Kier alpha value is -3.35. The second kappa shape index (κ2) is 8.57. The molecule has 2 aromatic carbocycles. The van der Waals surface area contributed by atoms with Crippen LogP contribution in [0.5, 0.6) is 11.5 Å². The topological polar surface area (TPSA) is 89.3 Å². The van der Waals surface area contributed by atoms with Crippen LogP contribution in [0.15, 0.2) is 36.4 Å². The number of nitrogens with one attached hydrogen (secondary N) is 1. The highest BCUT2D eigenvalue weighted by atomic mass is 16.5. The van der Waals surface area contributed by atoms with Crippen molar-refractivity contribution in [2.24, 2.45) is 0 Å². The third-order valence-corrected chi connectivity index (χ3v) is 4.86. The molecule has 1 amide bonds. The van der Waals surface area contributed by atoms with Crippen molar-refractivity contribution in [2.75, 3.05) is 7.11 Å². The minimum Gasteiger partial charge on any atom is -0.507 e. The van der Waals surface area contributed by atoms with Crippen LogP contribution in [0.4, 0.5) is 0 Å². The number of hydrogen-bond donors (Lipinski definition) is 2. The molecule has 0 fully saturated rings. The number of aromatic nitrogens is 3. The Morgan fingerprint density at radius 2 is 1.77 bits per heavy atom. The van der Waals surface area contributed by atoms with E-state index in [0.29, 0.717) is 22.8 Å². The van der Waals surface area contributed by atoms with Gasteiger partial charge >= 0.3 is 0 Å². The average molecular weight is 409 g/mol. The van der Waals surface area contributed by atoms with Gasteiger partial charge in [0.1, 0.15) is 11.5 Å². The molecule has 0 saturated heterocycles. The fourth-order valence-corrected chi connectivity index (χ4v) is 3.42. The molecule has 0 aliphatic rings. The Labute approximate surface area is 176 Å². The summed E-state index contributed by atoms with van der Waals surface area (Å²) in [5.41, 5.74) is 3.31. The van der Waals surface area contributed by atoms with Crippen LogP contribution in [0.1, 0.15) is 55.4 Å². The van der Waals surface area contributed by atoms with Gasteiger partial charge in [0, 0.05) is 11.7 Å². The molecule has 3 aromatic rings. The lowest BCUT2D eigenvalue weighted by Gasteiger charge is -2.16. The number of aromatic hydroxyl groups is 1. The molecule has 1 heterocycles. The lowest BCUT2D eigenvalue weighted by molar-refractivity contribution is 0.0930. The summed E-state index contributed by atoms with van der Waals surface area (Å²) in [4.78, 5) is 12.8. The van der Waals surface area contributed by atoms with E-state index in [9.17, 15) is 9.90 Å². The number of carbonyl (C=O) groups excluding carboxylic acids is 1. The van der Waals surface area contributed by atoms with E-state index >= 15 is 0 Å². The third-order valence-electron chi connectivity index (χ3n) is 4.86. The summed E-state index contributed by atoms with van der Waals surface area (Å²) in [6.45, 7) is 9.92. The standard InChI is InChI=1S/C23H28N4O3/c1-13(2)18-12-19(20(28)11-15(18)5)21-25-26-22(23(29)24-14(3)4)27(21)16-7-9-17(30-6)10-8-16/h7-14,28H,1-6H3,(H,24,29). The first-order valence-corrected chi connectivity index (χ1v) is 9.97. The maximum Gasteiger partial charge on any atom is 0.289 e. The van der Waals surface area contributed by atoms with Crippen LogP contribution in [-0.2, 0) is 0 Å². The molecule has 7 heteroatoms. The zero-order chi connectivity index (χ0) is 22.0. The Morgan fingerprint density at radius 3 is 2.33 bits per heavy atom. The van der Waals surface area contributed by atoms with Crippen molar-refractivity contribution >= 4 is 5.91 Å². The molecule has 0 atom stereocenters. The van der Waals surface area contributed by atoms with Gasteiger partial charge in [-0.3, -0.25) is 9.36 Å². The number of methoxy groups -OCH3 is 1. The van der Waals surface area contributed by atoms with Gasteiger partial charge in [0.05, 0.1) is 12.7 Å². The SMILES string of the molecule is COc1ccc(-n2c(C(=O)NC(C)C)nnc2-c2cc(C(C)C)c(C)cc2O)cc1. The quantitative estimate of drug-likeness (QED) is 0.637. The summed E-state index contributed by atoms with van der Waals surface area (Å²) in [6.07, 6.45) is 0. The van der Waals surface area contributed by atoms with Gasteiger partial charge in [0.25, 0.3) is 5.91 Å². The fourth-order valence-electron chi connectivity index (χ4n) is 3.42. The maximum atomic E-state index is 12.8. The van der Waals surface area contributed by atoms with Crippen LogP contribution >= 0.6 is 0 Å². The van der Waals surface area contributed by atoms with E-state index in [1.807, 2.05) is 39.0 Å². The molecular formula is C23H28N4O3. The van der Waals surface area contributed by atoms with Crippen molar-refractivity contribution in [1.82, 2.24) is 20.1 Å². The van der Waals surface area contributed by atoms with Crippen LogP contribution in [0.2, 0.25) is 0 Å². The largest absolute Gasteiger partial charge is 0.507 e. The first-order chi connectivity index (χ1) is 14.2. The molecule has 0 spiro atoms. The van der Waals surface area contributed by atoms with Gasteiger partial charge in [-0.2, -0.15) is 0 Å². The number of hydrogen-bond acceptors (Lipinski definition) is 5. The van der Waals surface area contributed by atoms with Crippen LogP contribution in [0, 0.1) is 6.92 Å². The minimum atomic E-state index is -0.338. The molecule has 0 saturated carbocycles. The second-order valence-electron chi connectivity index (χ2n) is 7.89. The number of amides is 1. The summed E-state index contributed by atoms with van der Waals surface area (Å²) in [5, 5.41) is 22.0. The lowest BCUT2D eigenvalue weighted by atomic mass is 9.95. The van der Waals surface area contributed by atoms with E-state index in [-0.39, 0.29) is 29.4 Å². The number of rotatable bonds is 6. The van der Waals surface area contributed by atoms with Crippen LogP contribution in [0.25, 0.3) is 17.1 Å². The van der Waals surface area contributed by atoms with E-state index in [4.69, 9.17) is 4.74 Å². The number of nitrogens with zero attached hydrogens (tertiary/aromatic N) is 3. The van der Waals surface area contributed by atoms with Crippen molar-refractivity contribution in [2.45, 2.75) is 46.6 Å². The Bertz CT molecular complexity index is 1050. The average Bonchev–Trinajstić information content (AvgIpc) is 3.12. The Morgan fingerprint density at radius 1 is 1.10 bits per heavy atom. The molecular weight excluding hydrogens is 380 g/mol. The maximum absolute atomic E-state index is 12.8. The number of ether oxygens (including phenoxy) is 1. The number of phenols is 1. The van der Waals surface area contributed by atoms with Crippen molar-refractivity contribution in [3.8, 4) is 28.6 Å². The van der Waals surface area contributed by atoms with Crippen molar-refractivity contribution < 1.29 is 14.6 Å². The van der Waals surface area contributed by atoms with Gasteiger partial charge in [0.15, 0.2) is 5.82 Å². The molecule has 0 bridgehead atoms. The minimum absolute atomic E-state index is 0.0534. The summed E-state index contributed by atoms with van der Waals surface area (Å²) >= 11 is 0. The normalized spacial score (nSPS) is 11.2. The van der Waals surface area contributed by atoms with Gasteiger partial charge in [0.2, 0.25) is 5.82 Å². The fraction of sp³-hybridized carbons (Fsp3) is 0.348. The summed E-state index contributed by atoms with van der Waals surface area (Å²) in [5.74, 6) is 1.26. The summed E-state index contributed by atoms with van der Waals surface area (Å²) in [7, 11) is 1.60. The van der Waals surface area contributed by atoms with Gasteiger partial charge in [-0.1, -0.05) is 13.8 Å². The Balaban J connectivity index is 2.24. The predicted molar refractivity (Wildman–Crippen MR) is 116 cm³/mol. The molecule has 0 radical (unpaired) electrons.